The van der Waals surface area contributed by atoms with E-state index in [1.807, 2.05) is 13.8 Å². The van der Waals surface area contributed by atoms with E-state index < -0.39 is 0 Å². The summed E-state index contributed by atoms with van der Waals surface area (Å²) < 4.78 is 0. The van der Waals surface area contributed by atoms with E-state index in [1.165, 1.54) is 71.1 Å². The van der Waals surface area contributed by atoms with Crippen molar-refractivity contribution in [3.63, 3.8) is 0 Å². The molecule has 0 aromatic carbocycles. The van der Waals surface area contributed by atoms with E-state index in [0.29, 0.717) is 0 Å². The molecule has 2 nitrogen and oxygen atoms in total. The van der Waals surface area contributed by atoms with Crippen LogP contribution in [0.4, 0.5) is 0 Å². The molecule has 3 aliphatic rings. The standard InChI is InChI=1S/C15H28N2.C2H6/c1-2-13-5-9-17(10-6-13)14-3-7-15(8-4-14)11-16-12-15;1-2/h13-14,16H,2-12H2,1H3;1-2H3. The molecule has 2 heteroatoms. The van der Waals surface area contributed by atoms with Crippen molar-refractivity contribution in [2.75, 3.05) is 26.2 Å². The molecule has 0 unspecified atom stereocenters. The second-order valence-electron chi connectivity index (χ2n) is 6.72. The Kier molecular flexibility index (Phi) is 5.70. The van der Waals surface area contributed by atoms with Crippen molar-refractivity contribution in [2.24, 2.45) is 11.3 Å². The normalized spacial score (nSPS) is 28.6. The van der Waals surface area contributed by atoms with Crippen molar-refractivity contribution in [1.29, 1.82) is 0 Å². The highest BCUT2D eigenvalue weighted by Gasteiger charge is 2.41. The van der Waals surface area contributed by atoms with Gasteiger partial charge in [-0.25, -0.2) is 0 Å². The molecule has 1 N–H and O–H groups in total. The summed E-state index contributed by atoms with van der Waals surface area (Å²) in [6, 6.07) is 0.930. The highest BCUT2D eigenvalue weighted by Crippen LogP contribution is 2.41. The summed E-state index contributed by atoms with van der Waals surface area (Å²) in [4.78, 5) is 2.81. The van der Waals surface area contributed by atoms with Crippen molar-refractivity contribution in [1.82, 2.24) is 10.2 Å². The Hall–Kier alpha value is -0.0800. The minimum Gasteiger partial charge on any atom is -0.316 e. The van der Waals surface area contributed by atoms with Gasteiger partial charge in [0.2, 0.25) is 0 Å². The van der Waals surface area contributed by atoms with Gasteiger partial charge in [0, 0.05) is 19.1 Å². The van der Waals surface area contributed by atoms with Crippen molar-refractivity contribution in [2.45, 2.75) is 71.8 Å². The smallest absolute Gasteiger partial charge is 0.00957 e. The van der Waals surface area contributed by atoms with Gasteiger partial charge in [0.25, 0.3) is 0 Å². The Labute approximate surface area is 120 Å². The van der Waals surface area contributed by atoms with Crippen LogP contribution in [0.3, 0.4) is 0 Å². The monoisotopic (exact) mass is 266 g/mol. The van der Waals surface area contributed by atoms with Crippen molar-refractivity contribution < 1.29 is 0 Å². The maximum Gasteiger partial charge on any atom is 0.00957 e. The molecular formula is C17H34N2. The van der Waals surface area contributed by atoms with Crippen LogP contribution in [-0.2, 0) is 0 Å². The fraction of sp³-hybridized carbons (Fsp3) is 1.00. The zero-order chi connectivity index (χ0) is 13.7. The zero-order valence-electron chi connectivity index (χ0n) is 13.4. The minimum atomic E-state index is 0.734. The molecule has 1 aliphatic carbocycles. The Bertz CT molecular complexity index is 242. The summed E-state index contributed by atoms with van der Waals surface area (Å²) in [5.74, 6) is 1.03. The molecule has 2 aliphatic heterocycles. The van der Waals surface area contributed by atoms with Crippen LogP contribution in [0.1, 0.15) is 65.7 Å². The van der Waals surface area contributed by atoms with E-state index in [2.05, 4.69) is 17.1 Å². The third-order valence-electron chi connectivity index (χ3n) is 5.76. The highest BCUT2D eigenvalue weighted by atomic mass is 15.2. The van der Waals surface area contributed by atoms with Crippen molar-refractivity contribution in [3.8, 4) is 0 Å². The summed E-state index contributed by atoms with van der Waals surface area (Å²) in [6.45, 7) is 11.7. The number of nitrogens with one attached hydrogen (secondary N) is 1. The molecule has 0 bridgehead atoms. The lowest BCUT2D eigenvalue weighted by molar-refractivity contribution is 0.0354. The van der Waals surface area contributed by atoms with Crippen LogP contribution in [-0.4, -0.2) is 37.1 Å². The van der Waals surface area contributed by atoms with Gasteiger partial charge < -0.3 is 10.2 Å². The maximum absolute atomic E-state index is 3.47. The van der Waals surface area contributed by atoms with Gasteiger partial charge in [-0.2, -0.15) is 0 Å². The van der Waals surface area contributed by atoms with Gasteiger partial charge >= 0.3 is 0 Å². The quantitative estimate of drug-likeness (QED) is 0.820. The summed E-state index contributed by atoms with van der Waals surface area (Å²) in [6.07, 6.45) is 10.2. The van der Waals surface area contributed by atoms with E-state index in [0.717, 1.165) is 17.4 Å². The predicted molar refractivity (Wildman–Crippen MR) is 83.5 cm³/mol. The highest BCUT2D eigenvalue weighted by molar-refractivity contribution is 4.97. The second-order valence-corrected chi connectivity index (χ2v) is 6.72. The van der Waals surface area contributed by atoms with E-state index in [9.17, 15) is 0 Å². The topological polar surface area (TPSA) is 15.3 Å². The van der Waals surface area contributed by atoms with E-state index in [-0.39, 0.29) is 0 Å². The average Bonchev–Trinajstić information content (AvgIpc) is 2.48. The van der Waals surface area contributed by atoms with Gasteiger partial charge in [-0.15, -0.1) is 0 Å². The first-order valence-corrected chi connectivity index (χ1v) is 8.76. The first kappa shape index (κ1) is 15.3. The van der Waals surface area contributed by atoms with Crippen molar-refractivity contribution in [3.05, 3.63) is 0 Å². The Morgan fingerprint density at radius 2 is 1.58 bits per heavy atom. The van der Waals surface area contributed by atoms with Gasteiger partial charge in [0.15, 0.2) is 0 Å². The number of piperidine rings is 1. The molecule has 1 spiro atoms. The molecule has 3 rings (SSSR count). The molecular weight excluding hydrogens is 232 g/mol. The number of likely N-dealkylation sites (tertiary alicyclic amines) is 1. The first-order valence-electron chi connectivity index (χ1n) is 8.76. The fourth-order valence-electron chi connectivity index (χ4n) is 4.14. The molecule has 0 aromatic heterocycles. The second kappa shape index (κ2) is 7.08. The SMILES string of the molecule is CC.CCC1CCN(C2CCC3(CC2)CNC3)CC1. The van der Waals surface area contributed by atoms with Crippen LogP contribution >= 0.6 is 0 Å². The summed E-state index contributed by atoms with van der Waals surface area (Å²) >= 11 is 0. The average molecular weight is 266 g/mol. The van der Waals surface area contributed by atoms with Crippen LogP contribution in [0, 0.1) is 11.3 Å². The Morgan fingerprint density at radius 1 is 1.00 bits per heavy atom. The summed E-state index contributed by atoms with van der Waals surface area (Å²) in [5, 5.41) is 3.47. The molecule has 112 valence electrons. The summed E-state index contributed by atoms with van der Waals surface area (Å²) in [7, 11) is 0. The number of rotatable bonds is 2. The van der Waals surface area contributed by atoms with Gasteiger partial charge in [-0.05, 0) is 62.9 Å². The molecule has 0 radical (unpaired) electrons. The lowest BCUT2D eigenvalue weighted by Crippen LogP contribution is -2.57. The van der Waals surface area contributed by atoms with Crippen LogP contribution in [0.2, 0.25) is 0 Å². The lowest BCUT2D eigenvalue weighted by Gasteiger charge is -2.50. The molecule has 0 atom stereocenters. The molecule has 2 saturated heterocycles. The molecule has 19 heavy (non-hydrogen) atoms. The van der Waals surface area contributed by atoms with E-state index in [4.69, 9.17) is 0 Å². The van der Waals surface area contributed by atoms with Crippen LogP contribution in [0.15, 0.2) is 0 Å². The third-order valence-corrected chi connectivity index (χ3v) is 5.76. The summed E-state index contributed by atoms with van der Waals surface area (Å²) in [5.41, 5.74) is 0.734. The lowest BCUT2D eigenvalue weighted by atomic mass is 9.68. The third kappa shape index (κ3) is 3.52. The molecule has 0 amide bonds. The van der Waals surface area contributed by atoms with E-state index >= 15 is 0 Å². The number of hydrogen-bond acceptors (Lipinski definition) is 2. The van der Waals surface area contributed by atoms with Gasteiger partial charge in [0.1, 0.15) is 0 Å². The maximum atomic E-state index is 3.47. The molecule has 1 saturated carbocycles. The van der Waals surface area contributed by atoms with Gasteiger partial charge in [-0.1, -0.05) is 27.2 Å². The number of nitrogens with zero attached hydrogens (tertiary/aromatic N) is 1. The molecule has 2 heterocycles. The fourth-order valence-corrected chi connectivity index (χ4v) is 4.14. The molecule has 3 fully saturated rings. The first-order chi connectivity index (χ1) is 9.31. The van der Waals surface area contributed by atoms with Crippen LogP contribution < -0.4 is 5.32 Å². The van der Waals surface area contributed by atoms with Crippen LogP contribution in [0.5, 0.6) is 0 Å². The zero-order valence-corrected chi connectivity index (χ0v) is 13.4. The molecule has 0 aromatic rings. The number of hydrogen-bond donors (Lipinski definition) is 1. The van der Waals surface area contributed by atoms with Gasteiger partial charge in [0.05, 0.1) is 0 Å². The Morgan fingerprint density at radius 3 is 2.00 bits per heavy atom. The minimum absolute atomic E-state index is 0.734. The van der Waals surface area contributed by atoms with E-state index in [1.54, 1.807) is 0 Å². The van der Waals surface area contributed by atoms with Crippen molar-refractivity contribution >= 4 is 0 Å². The largest absolute Gasteiger partial charge is 0.316 e. The van der Waals surface area contributed by atoms with Gasteiger partial charge in [-0.3, -0.25) is 0 Å². The predicted octanol–water partition coefficient (Wildman–Crippen LogP) is 3.67. The van der Waals surface area contributed by atoms with Crippen LogP contribution in [0.25, 0.3) is 0 Å². The Balaban J connectivity index is 0.000000637.